The summed E-state index contributed by atoms with van der Waals surface area (Å²) in [6.45, 7) is 4.86. The van der Waals surface area contributed by atoms with Crippen molar-refractivity contribution in [2.24, 2.45) is 0 Å². The van der Waals surface area contributed by atoms with Crippen LogP contribution >= 0.6 is 0 Å². The smallest absolute Gasteiger partial charge is 0.174 e. The van der Waals surface area contributed by atoms with E-state index in [9.17, 15) is 5.26 Å². The van der Waals surface area contributed by atoms with Crippen molar-refractivity contribution in [2.75, 3.05) is 11.4 Å². The minimum Gasteiger partial charge on any atom is -0.367 e. The van der Waals surface area contributed by atoms with E-state index in [1.807, 2.05) is 12.1 Å². The normalized spacial score (nSPS) is 13.9. The molecule has 0 saturated carbocycles. The van der Waals surface area contributed by atoms with E-state index in [1.54, 1.807) is 0 Å². The molecule has 2 heterocycles. The molecule has 152 valence electrons. The summed E-state index contributed by atoms with van der Waals surface area (Å²) in [6, 6.07) is 21.2. The van der Waals surface area contributed by atoms with Crippen molar-refractivity contribution in [3.05, 3.63) is 77.4 Å². The highest BCUT2D eigenvalue weighted by Crippen LogP contribution is 2.23. The van der Waals surface area contributed by atoms with Crippen molar-refractivity contribution in [1.29, 1.82) is 5.26 Å². The summed E-state index contributed by atoms with van der Waals surface area (Å²) in [5, 5.41) is 18.4. The molecule has 5 nitrogen and oxygen atoms in total. The Bertz CT molecular complexity index is 1040. The van der Waals surface area contributed by atoms with Crippen molar-refractivity contribution in [3.63, 3.8) is 0 Å². The van der Waals surface area contributed by atoms with Crippen LogP contribution < -0.4 is 4.90 Å². The van der Waals surface area contributed by atoms with E-state index in [-0.39, 0.29) is 0 Å². The molecule has 0 unspecified atom stereocenters. The first-order valence-corrected chi connectivity index (χ1v) is 10.7. The number of hydrogen-bond donors (Lipinski definition) is 0. The lowest BCUT2D eigenvalue weighted by atomic mass is 10.1. The third-order valence-corrected chi connectivity index (χ3v) is 5.64. The van der Waals surface area contributed by atoms with Crippen LogP contribution in [0.1, 0.15) is 49.0 Å². The molecule has 0 saturated heterocycles. The zero-order chi connectivity index (χ0) is 20.8. The Labute approximate surface area is 178 Å². The minimum atomic E-state index is 0.569. The number of allylic oxidation sites excluding steroid dienone is 1. The van der Waals surface area contributed by atoms with Crippen molar-refractivity contribution in [3.8, 4) is 6.07 Å². The van der Waals surface area contributed by atoms with Gasteiger partial charge < -0.3 is 9.47 Å². The van der Waals surface area contributed by atoms with Gasteiger partial charge in [0.2, 0.25) is 0 Å². The van der Waals surface area contributed by atoms with Crippen molar-refractivity contribution in [2.45, 2.75) is 45.7 Å². The molecule has 30 heavy (non-hydrogen) atoms. The Morgan fingerprint density at radius 3 is 2.60 bits per heavy atom. The van der Waals surface area contributed by atoms with E-state index >= 15 is 0 Å². The number of aryl methyl sites for hydroxylation is 1. The molecular formula is C25H27N5. The average Bonchev–Trinajstić information content (AvgIpc) is 3.04. The van der Waals surface area contributed by atoms with E-state index in [4.69, 9.17) is 0 Å². The molecule has 0 fully saturated rings. The fraction of sp³-hybridized carbons (Fsp3) is 0.320. The summed E-state index contributed by atoms with van der Waals surface area (Å²) in [5.41, 5.74) is 4.04. The van der Waals surface area contributed by atoms with Crippen LogP contribution in [0.25, 0.3) is 11.6 Å². The maximum atomic E-state index is 9.77. The van der Waals surface area contributed by atoms with Crippen LogP contribution in [0.3, 0.4) is 0 Å². The number of nitriles is 1. The van der Waals surface area contributed by atoms with E-state index in [0.29, 0.717) is 11.4 Å². The number of rotatable bonds is 6. The van der Waals surface area contributed by atoms with Gasteiger partial charge in [0.1, 0.15) is 11.9 Å². The van der Waals surface area contributed by atoms with Crippen LogP contribution in [-0.2, 0) is 19.5 Å². The van der Waals surface area contributed by atoms with Crippen molar-refractivity contribution < 1.29 is 0 Å². The van der Waals surface area contributed by atoms with Crippen LogP contribution in [0.15, 0.2) is 54.6 Å². The summed E-state index contributed by atoms with van der Waals surface area (Å²) in [5.74, 6) is 1.69. The number of nitrogens with zero attached hydrogens (tertiary/aromatic N) is 5. The maximum absolute atomic E-state index is 9.77. The Kier molecular flexibility index (Phi) is 6.24. The second kappa shape index (κ2) is 9.41. The van der Waals surface area contributed by atoms with E-state index in [1.165, 1.54) is 17.7 Å². The number of aromatic nitrogens is 3. The molecule has 2 aromatic carbocycles. The zero-order valence-corrected chi connectivity index (χ0v) is 17.5. The molecule has 0 atom stereocenters. The van der Waals surface area contributed by atoms with Crippen LogP contribution in [0.5, 0.6) is 0 Å². The van der Waals surface area contributed by atoms with Crippen molar-refractivity contribution in [1.82, 2.24) is 14.8 Å². The number of hydrogen-bond acceptors (Lipinski definition) is 4. The SMILES string of the molecule is CCN(Cc1ccccc1)c1ccc(/C=C(\C#N)c2nnc3n2CCCCC3)cc1. The van der Waals surface area contributed by atoms with Gasteiger partial charge in [0.15, 0.2) is 5.82 Å². The van der Waals surface area contributed by atoms with Crippen molar-refractivity contribution >= 4 is 17.3 Å². The van der Waals surface area contributed by atoms with E-state index in [2.05, 4.69) is 81.2 Å². The van der Waals surface area contributed by atoms with Gasteiger partial charge in [-0.05, 0) is 49.1 Å². The summed E-state index contributed by atoms with van der Waals surface area (Å²) >= 11 is 0. The monoisotopic (exact) mass is 397 g/mol. The standard InChI is InChI=1S/C25H27N5/c1-2-29(19-21-9-5-3-6-10-21)23-14-12-20(13-15-23)17-22(18-26)25-28-27-24-11-7-4-8-16-30(24)25/h3,5-6,9-10,12-15,17H,2,4,7-8,11,16,19H2,1H3/b22-17+. The van der Waals surface area contributed by atoms with Gasteiger partial charge in [-0.3, -0.25) is 0 Å². The zero-order valence-electron chi connectivity index (χ0n) is 17.5. The molecule has 0 N–H and O–H groups in total. The summed E-state index contributed by atoms with van der Waals surface area (Å²) in [4.78, 5) is 2.34. The summed E-state index contributed by atoms with van der Waals surface area (Å²) in [6.07, 6.45) is 6.31. The predicted molar refractivity (Wildman–Crippen MR) is 121 cm³/mol. The van der Waals surface area contributed by atoms with Gasteiger partial charge in [-0.15, -0.1) is 10.2 Å². The lowest BCUT2D eigenvalue weighted by Gasteiger charge is -2.23. The minimum absolute atomic E-state index is 0.569. The van der Waals surface area contributed by atoms with Gasteiger partial charge in [0, 0.05) is 31.7 Å². The van der Waals surface area contributed by atoms with E-state index in [0.717, 1.165) is 50.3 Å². The first kappa shape index (κ1) is 19.9. The molecule has 0 spiro atoms. The molecule has 1 aliphatic rings. The molecule has 0 bridgehead atoms. The molecule has 0 radical (unpaired) electrons. The van der Waals surface area contributed by atoms with E-state index < -0.39 is 0 Å². The number of fused-ring (bicyclic) bond motifs is 1. The summed E-state index contributed by atoms with van der Waals surface area (Å²) < 4.78 is 2.12. The molecule has 3 aromatic rings. The Hall–Kier alpha value is -3.39. The molecule has 0 amide bonds. The topological polar surface area (TPSA) is 57.7 Å². The van der Waals surface area contributed by atoms with Crippen LogP contribution in [0, 0.1) is 11.3 Å². The second-order valence-electron chi connectivity index (χ2n) is 7.66. The van der Waals surface area contributed by atoms with Gasteiger partial charge >= 0.3 is 0 Å². The van der Waals surface area contributed by atoms with Gasteiger partial charge in [-0.25, -0.2) is 0 Å². The number of anilines is 1. The van der Waals surface area contributed by atoms with Gasteiger partial charge in [-0.1, -0.05) is 48.9 Å². The lowest BCUT2D eigenvalue weighted by molar-refractivity contribution is 0.627. The molecule has 5 heteroatoms. The highest BCUT2D eigenvalue weighted by Gasteiger charge is 2.17. The average molecular weight is 398 g/mol. The molecule has 0 aliphatic carbocycles. The lowest BCUT2D eigenvalue weighted by Crippen LogP contribution is -2.21. The van der Waals surface area contributed by atoms with Gasteiger partial charge in [-0.2, -0.15) is 5.26 Å². The quantitative estimate of drug-likeness (QED) is 0.543. The predicted octanol–water partition coefficient (Wildman–Crippen LogP) is 5.10. The third kappa shape index (κ3) is 4.44. The first-order chi connectivity index (χ1) is 14.8. The maximum Gasteiger partial charge on any atom is 0.174 e. The largest absolute Gasteiger partial charge is 0.367 e. The highest BCUT2D eigenvalue weighted by molar-refractivity contribution is 5.87. The molecule has 1 aromatic heterocycles. The number of benzene rings is 2. The Morgan fingerprint density at radius 2 is 1.87 bits per heavy atom. The first-order valence-electron chi connectivity index (χ1n) is 10.7. The third-order valence-electron chi connectivity index (χ3n) is 5.64. The van der Waals surface area contributed by atoms with Crippen LogP contribution in [0.2, 0.25) is 0 Å². The van der Waals surface area contributed by atoms with Gasteiger partial charge in [0.25, 0.3) is 0 Å². The fourth-order valence-corrected chi connectivity index (χ4v) is 3.97. The van der Waals surface area contributed by atoms with Gasteiger partial charge in [0.05, 0.1) is 5.57 Å². The Balaban J connectivity index is 1.55. The molecule has 1 aliphatic heterocycles. The second-order valence-corrected chi connectivity index (χ2v) is 7.66. The highest BCUT2D eigenvalue weighted by atomic mass is 15.3. The van der Waals surface area contributed by atoms with Crippen LogP contribution in [0.4, 0.5) is 5.69 Å². The summed E-state index contributed by atoms with van der Waals surface area (Å²) in [7, 11) is 0. The fourth-order valence-electron chi connectivity index (χ4n) is 3.97. The van der Waals surface area contributed by atoms with Crippen LogP contribution in [-0.4, -0.2) is 21.3 Å². The Morgan fingerprint density at radius 1 is 1.07 bits per heavy atom. The molecular weight excluding hydrogens is 370 g/mol. The molecule has 4 rings (SSSR count).